The first-order valence-corrected chi connectivity index (χ1v) is 8.69. The van der Waals surface area contributed by atoms with Gasteiger partial charge in [-0.25, -0.2) is 17.8 Å². The van der Waals surface area contributed by atoms with Crippen LogP contribution in [0.15, 0.2) is 47.3 Å². The molecule has 0 saturated carbocycles. The molecule has 0 aliphatic heterocycles. The van der Waals surface area contributed by atoms with Gasteiger partial charge < -0.3 is 4.74 Å². The molecule has 1 N–H and O–H groups in total. The maximum atomic E-state index is 12.3. The highest BCUT2D eigenvalue weighted by Gasteiger charge is 2.12. The van der Waals surface area contributed by atoms with Gasteiger partial charge in [-0.1, -0.05) is 24.3 Å². The molecule has 0 aliphatic carbocycles. The van der Waals surface area contributed by atoms with Crippen molar-refractivity contribution in [2.75, 3.05) is 7.11 Å². The molecule has 0 radical (unpaired) electrons. The lowest BCUT2D eigenvalue weighted by Gasteiger charge is -2.10. The number of aromatic nitrogens is 2. The first-order chi connectivity index (χ1) is 12.0. The van der Waals surface area contributed by atoms with Crippen LogP contribution in [0.2, 0.25) is 0 Å². The van der Waals surface area contributed by atoms with Gasteiger partial charge in [-0.2, -0.15) is 5.10 Å². The molecule has 2 aromatic carbocycles. The van der Waals surface area contributed by atoms with Crippen LogP contribution in [0.4, 0.5) is 0 Å². The maximum Gasteiger partial charge on any atom is 0.274 e. The average Bonchev–Trinajstić information content (AvgIpc) is 2.63. The predicted molar refractivity (Wildman–Crippen MR) is 103 cm³/mol. The molecule has 0 aliphatic rings. The van der Waals surface area contributed by atoms with Crippen molar-refractivity contribution in [1.29, 1.82) is 0 Å². The Balaban J connectivity index is 0.00000243. The van der Waals surface area contributed by atoms with Crippen LogP contribution in [0.25, 0.3) is 22.0 Å². The van der Waals surface area contributed by atoms with Crippen LogP contribution in [0.1, 0.15) is 5.56 Å². The van der Waals surface area contributed by atoms with Gasteiger partial charge in [-0.15, -0.1) is 12.4 Å². The van der Waals surface area contributed by atoms with E-state index in [1.54, 1.807) is 32.4 Å². The van der Waals surface area contributed by atoms with Crippen LogP contribution in [-0.4, -0.2) is 25.3 Å². The third-order valence-electron chi connectivity index (χ3n) is 3.90. The zero-order chi connectivity index (χ0) is 18.0. The number of ether oxygens (including phenoxy) is 1. The molecular weight excluding hydrogens is 378 g/mol. The van der Waals surface area contributed by atoms with Crippen molar-refractivity contribution in [3.63, 3.8) is 0 Å². The van der Waals surface area contributed by atoms with Crippen molar-refractivity contribution >= 4 is 34.1 Å². The van der Waals surface area contributed by atoms with Crippen LogP contribution >= 0.6 is 12.4 Å². The van der Waals surface area contributed by atoms with E-state index in [4.69, 9.17) is 4.74 Å². The number of methoxy groups -OCH3 is 1. The number of benzene rings is 2. The quantitative estimate of drug-likeness (QED) is 0.641. The Kier molecular flexibility index (Phi) is 6.36. The highest BCUT2D eigenvalue weighted by atomic mass is 35.5. The molecule has 1 heterocycles. The number of thiol groups is 1. The van der Waals surface area contributed by atoms with Gasteiger partial charge >= 0.3 is 0 Å². The number of hydrogen-bond donors (Lipinski definition) is 2. The Hall–Kier alpha value is -2.42. The first kappa shape index (κ1) is 19.9. The zero-order valence-corrected chi connectivity index (χ0v) is 15.8. The minimum absolute atomic E-state index is 0. The molecule has 7 nitrogen and oxygen atoms in total. The average molecular weight is 396 g/mol. The minimum Gasteiger partial charge on any atom is -0.497 e. The van der Waals surface area contributed by atoms with Crippen molar-refractivity contribution in [3.05, 3.63) is 58.4 Å². The third kappa shape index (κ3) is 4.04. The summed E-state index contributed by atoms with van der Waals surface area (Å²) in [6, 6.07) is 12.6. The Morgan fingerprint density at radius 3 is 2.42 bits per heavy atom. The molecule has 26 heavy (non-hydrogen) atoms. The van der Waals surface area contributed by atoms with E-state index in [2.05, 4.69) is 9.82 Å². The summed E-state index contributed by atoms with van der Waals surface area (Å²) < 4.78 is 30.1. The normalized spacial score (nSPS) is 10.7. The zero-order valence-electron chi connectivity index (χ0n) is 14.1. The summed E-state index contributed by atoms with van der Waals surface area (Å²) in [5.74, 6) is 0.642. The van der Waals surface area contributed by atoms with E-state index in [9.17, 15) is 13.2 Å². The van der Waals surface area contributed by atoms with E-state index in [1.165, 1.54) is 4.68 Å². The van der Waals surface area contributed by atoms with Gasteiger partial charge in [0.05, 0.1) is 18.2 Å². The van der Waals surface area contributed by atoms with Gasteiger partial charge in [-0.3, -0.25) is 4.79 Å². The standard InChI is InChI=1S/C17H17N3O4S.ClH/c1-20-17(21)14-8-7-13(24-2)9-15(14)16(19-20)12-5-3-11(4-6-12)10-18-25(22)23;/h3-9,25H,10H2,1-2H3,(H,18,22,23);1H. The van der Waals surface area contributed by atoms with Crippen LogP contribution in [-0.2, 0) is 24.5 Å². The summed E-state index contributed by atoms with van der Waals surface area (Å²) in [6.07, 6.45) is 0. The van der Waals surface area contributed by atoms with Gasteiger partial charge in [0.25, 0.3) is 5.56 Å². The monoisotopic (exact) mass is 395 g/mol. The maximum absolute atomic E-state index is 12.3. The van der Waals surface area contributed by atoms with E-state index in [1.807, 2.05) is 24.3 Å². The summed E-state index contributed by atoms with van der Waals surface area (Å²) in [5.41, 5.74) is 2.13. The highest BCUT2D eigenvalue weighted by molar-refractivity contribution is 7.70. The topological polar surface area (TPSA) is 90.3 Å². The van der Waals surface area contributed by atoms with Gasteiger partial charge in [-0.05, 0) is 23.8 Å². The number of nitrogens with zero attached hydrogens (tertiary/aromatic N) is 2. The van der Waals surface area contributed by atoms with Crippen molar-refractivity contribution < 1.29 is 13.2 Å². The highest BCUT2D eigenvalue weighted by Crippen LogP contribution is 2.28. The molecule has 9 heteroatoms. The first-order valence-electron chi connectivity index (χ1n) is 7.52. The molecule has 1 aromatic heterocycles. The van der Waals surface area contributed by atoms with Crippen LogP contribution in [0.5, 0.6) is 5.75 Å². The number of hydrogen-bond acceptors (Lipinski definition) is 5. The van der Waals surface area contributed by atoms with Crippen molar-refractivity contribution in [2.24, 2.45) is 7.05 Å². The SMILES string of the molecule is COc1ccc2c(=O)n(C)nc(-c3ccc(CN[SH](=O)=O)cc3)c2c1.Cl. The Morgan fingerprint density at radius 2 is 1.81 bits per heavy atom. The fraction of sp³-hybridized carbons (Fsp3) is 0.176. The summed E-state index contributed by atoms with van der Waals surface area (Å²) >= 11 is 0. The number of fused-ring (bicyclic) bond motifs is 1. The van der Waals surface area contributed by atoms with E-state index < -0.39 is 10.9 Å². The summed E-state index contributed by atoms with van der Waals surface area (Å²) in [7, 11) is 0.550. The molecule has 0 fully saturated rings. The predicted octanol–water partition coefficient (Wildman–Crippen LogP) is 1.65. The molecule has 0 saturated heterocycles. The summed E-state index contributed by atoms with van der Waals surface area (Å²) in [4.78, 5) is 12.3. The number of halogens is 1. The molecule has 3 rings (SSSR count). The van der Waals surface area contributed by atoms with Crippen molar-refractivity contribution in [1.82, 2.24) is 14.5 Å². The molecule has 0 amide bonds. The molecule has 3 aromatic rings. The van der Waals surface area contributed by atoms with Gasteiger partial charge in [0, 0.05) is 24.5 Å². The summed E-state index contributed by atoms with van der Waals surface area (Å²) in [6.45, 7) is 0.230. The van der Waals surface area contributed by atoms with E-state index in [0.29, 0.717) is 22.2 Å². The largest absolute Gasteiger partial charge is 0.497 e. The fourth-order valence-electron chi connectivity index (χ4n) is 2.61. The Labute approximate surface area is 158 Å². The fourth-order valence-corrected chi connectivity index (χ4v) is 2.92. The molecular formula is C17H18ClN3O4S. The lowest BCUT2D eigenvalue weighted by atomic mass is 10.0. The minimum atomic E-state index is -2.63. The lowest BCUT2D eigenvalue weighted by molar-refractivity contribution is 0.415. The Bertz CT molecular complexity index is 1050. The second-order valence-corrected chi connectivity index (χ2v) is 6.31. The van der Waals surface area contributed by atoms with Crippen molar-refractivity contribution in [2.45, 2.75) is 6.54 Å². The Morgan fingerprint density at radius 1 is 1.12 bits per heavy atom. The van der Waals surface area contributed by atoms with Crippen molar-refractivity contribution in [3.8, 4) is 17.0 Å². The van der Waals surface area contributed by atoms with Crippen LogP contribution < -0.4 is 15.0 Å². The number of aryl methyl sites for hydroxylation is 1. The van der Waals surface area contributed by atoms with Crippen LogP contribution in [0, 0.1) is 0 Å². The summed E-state index contributed by atoms with van der Waals surface area (Å²) in [5, 5.41) is 5.65. The molecule has 0 bridgehead atoms. The molecule has 0 unspecified atom stereocenters. The number of nitrogens with one attached hydrogen (secondary N) is 1. The third-order valence-corrected chi connectivity index (χ3v) is 4.31. The second-order valence-electron chi connectivity index (χ2n) is 5.48. The molecule has 0 atom stereocenters. The van der Waals surface area contributed by atoms with Crippen LogP contribution in [0.3, 0.4) is 0 Å². The van der Waals surface area contributed by atoms with E-state index >= 15 is 0 Å². The van der Waals surface area contributed by atoms with Gasteiger partial charge in [0.15, 0.2) is 0 Å². The van der Waals surface area contributed by atoms with E-state index in [0.717, 1.165) is 11.1 Å². The number of rotatable bonds is 5. The molecule has 138 valence electrons. The molecule has 0 spiro atoms. The van der Waals surface area contributed by atoms with Gasteiger partial charge in [0.1, 0.15) is 5.75 Å². The van der Waals surface area contributed by atoms with E-state index in [-0.39, 0.29) is 24.5 Å². The lowest BCUT2D eigenvalue weighted by Crippen LogP contribution is -2.20. The smallest absolute Gasteiger partial charge is 0.274 e. The van der Waals surface area contributed by atoms with Gasteiger partial charge in [0.2, 0.25) is 10.9 Å². The second kappa shape index (κ2) is 8.31.